The maximum Gasteiger partial charge on any atom is 0.226 e. The van der Waals surface area contributed by atoms with Crippen LogP contribution in [0.2, 0.25) is 0 Å². The number of rotatable bonds is 3. The highest BCUT2D eigenvalue weighted by Crippen LogP contribution is 2.49. The summed E-state index contributed by atoms with van der Waals surface area (Å²) >= 11 is 0. The highest BCUT2D eigenvalue weighted by molar-refractivity contribution is 5.83. The molecule has 108 valence electrons. The Hall–Kier alpha value is -1.49. The topological polar surface area (TPSA) is 32.3 Å². The Bertz CT molecular complexity index is 529. The Balaban J connectivity index is 1.67. The second-order valence-corrected chi connectivity index (χ2v) is 5.71. The molecule has 1 aromatic rings. The van der Waals surface area contributed by atoms with Gasteiger partial charge in [0.2, 0.25) is 5.91 Å². The highest BCUT2D eigenvalue weighted by atomic mass is 19.1. The van der Waals surface area contributed by atoms with Gasteiger partial charge in [-0.15, -0.1) is 0 Å². The lowest BCUT2D eigenvalue weighted by Crippen LogP contribution is -2.39. The number of hydrogen-bond donors (Lipinski definition) is 1. The smallest absolute Gasteiger partial charge is 0.226 e. The van der Waals surface area contributed by atoms with Gasteiger partial charge in [-0.2, -0.15) is 0 Å². The predicted octanol–water partition coefficient (Wildman–Crippen LogP) is 1.89. The molecule has 3 atom stereocenters. The number of hydrogen-bond acceptors (Lipinski definition) is 2. The fourth-order valence-electron chi connectivity index (χ4n) is 3.03. The Kier molecular flexibility index (Phi) is 3.46. The van der Waals surface area contributed by atoms with Gasteiger partial charge >= 0.3 is 0 Å². The monoisotopic (exact) mass is 280 g/mol. The van der Waals surface area contributed by atoms with E-state index in [0.29, 0.717) is 12.0 Å². The van der Waals surface area contributed by atoms with Gasteiger partial charge in [0.15, 0.2) is 0 Å². The van der Waals surface area contributed by atoms with Gasteiger partial charge in [-0.25, -0.2) is 8.78 Å². The lowest BCUT2D eigenvalue weighted by Gasteiger charge is -2.24. The van der Waals surface area contributed by atoms with E-state index in [9.17, 15) is 13.6 Å². The molecule has 1 amide bonds. The molecule has 1 aliphatic carbocycles. The van der Waals surface area contributed by atoms with Crippen LogP contribution in [-0.4, -0.2) is 37.0 Å². The van der Waals surface area contributed by atoms with E-state index in [1.807, 2.05) is 7.05 Å². The zero-order chi connectivity index (χ0) is 14.3. The average Bonchev–Trinajstić information content (AvgIpc) is 3.00. The van der Waals surface area contributed by atoms with Crippen LogP contribution >= 0.6 is 0 Å². The van der Waals surface area contributed by atoms with Crippen molar-refractivity contribution < 1.29 is 13.6 Å². The van der Waals surface area contributed by atoms with Crippen molar-refractivity contribution in [2.45, 2.75) is 24.8 Å². The average molecular weight is 280 g/mol. The molecule has 2 fully saturated rings. The third-order valence-corrected chi connectivity index (χ3v) is 4.40. The molecule has 20 heavy (non-hydrogen) atoms. The van der Waals surface area contributed by atoms with E-state index in [1.165, 1.54) is 12.1 Å². The van der Waals surface area contributed by atoms with Crippen molar-refractivity contribution in [3.8, 4) is 0 Å². The minimum Gasteiger partial charge on any atom is -0.341 e. The molecule has 1 heterocycles. The first-order valence-corrected chi connectivity index (χ1v) is 7.00. The van der Waals surface area contributed by atoms with Crippen LogP contribution < -0.4 is 5.32 Å². The van der Waals surface area contributed by atoms with Crippen LogP contribution in [0.4, 0.5) is 8.78 Å². The normalized spacial score (nSPS) is 28.4. The first-order valence-electron chi connectivity index (χ1n) is 7.00. The van der Waals surface area contributed by atoms with Gasteiger partial charge in [0.1, 0.15) is 11.6 Å². The Labute approximate surface area is 117 Å². The number of likely N-dealkylation sites (N-methyl/N-ethyl adjacent to an activating group) is 1. The van der Waals surface area contributed by atoms with E-state index in [4.69, 9.17) is 0 Å². The lowest BCUT2D eigenvalue weighted by atomic mass is 10.1. The molecular weight excluding hydrogens is 262 g/mol. The second-order valence-electron chi connectivity index (χ2n) is 5.71. The van der Waals surface area contributed by atoms with Crippen molar-refractivity contribution in [1.82, 2.24) is 10.2 Å². The lowest BCUT2D eigenvalue weighted by molar-refractivity contribution is -0.133. The molecule has 1 saturated heterocycles. The van der Waals surface area contributed by atoms with Crippen molar-refractivity contribution in [3.63, 3.8) is 0 Å². The Morgan fingerprint density at radius 2 is 2.20 bits per heavy atom. The minimum absolute atomic E-state index is 0.0763. The molecular formula is C15H18F2N2O. The van der Waals surface area contributed by atoms with Gasteiger partial charge in [-0.3, -0.25) is 4.79 Å². The van der Waals surface area contributed by atoms with Crippen LogP contribution in [0.15, 0.2) is 18.2 Å². The molecule has 1 N–H and O–H groups in total. The summed E-state index contributed by atoms with van der Waals surface area (Å²) in [6, 6.07) is 3.84. The Morgan fingerprint density at radius 3 is 2.85 bits per heavy atom. The standard InChI is InChI=1S/C15H18F2N2O/c1-19(10-4-5-18-8-10)15(20)13-7-12(13)11-3-2-9(16)6-14(11)17/h2-3,6,10,12-13,18H,4-5,7-8H2,1H3/t10-,12-,13+/m0/s1. The van der Waals surface area contributed by atoms with Gasteiger partial charge < -0.3 is 10.2 Å². The molecule has 0 aromatic heterocycles. The number of carbonyl (C=O) groups excluding carboxylic acids is 1. The maximum absolute atomic E-state index is 13.7. The SMILES string of the molecule is CN(C(=O)[C@@H]1C[C@H]1c1ccc(F)cc1F)[C@H]1CCNC1. The number of carbonyl (C=O) groups is 1. The highest BCUT2D eigenvalue weighted by Gasteiger charge is 2.47. The second kappa shape index (κ2) is 5.13. The quantitative estimate of drug-likeness (QED) is 0.917. The summed E-state index contributed by atoms with van der Waals surface area (Å²) in [7, 11) is 1.82. The maximum atomic E-state index is 13.7. The van der Waals surface area contributed by atoms with E-state index in [1.54, 1.807) is 4.90 Å². The molecule has 1 aromatic carbocycles. The number of amides is 1. The summed E-state index contributed by atoms with van der Waals surface area (Å²) in [5, 5.41) is 3.23. The van der Waals surface area contributed by atoms with E-state index in [2.05, 4.69) is 5.32 Å². The van der Waals surface area contributed by atoms with Crippen LogP contribution in [0.25, 0.3) is 0 Å². The summed E-state index contributed by atoms with van der Waals surface area (Å²) in [4.78, 5) is 14.1. The number of halogens is 2. The first-order chi connectivity index (χ1) is 9.58. The third-order valence-electron chi connectivity index (χ3n) is 4.40. The van der Waals surface area contributed by atoms with Crippen molar-refractivity contribution in [3.05, 3.63) is 35.4 Å². The first kappa shape index (κ1) is 13.5. The van der Waals surface area contributed by atoms with E-state index in [-0.39, 0.29) is 23.8 Å². The summed E-state index contributed by atoms with van der Waals surface area (Å²) < 4.78 is 26.6. The minimum atomic E-state index is -0.580. The summed E-state index contributed by atoms with van der Waals surface area (Å²) in [6.45, 7) is 1.76. The van der Waals surface area contributed by atoms with Crippen LogP contribution in [0, 0.1) is 17.6 Å². The van der Waals surface area contributed by atoms with Gasteiger partial charge in [0.25, 0.3) is 0 Å². The molecule has 5 heteroatoms. The van der Waals surface area contributed by atoms with E-state index < -0.39 is 11.6 Å². The van der Waals surface area contributed by atoms with E-state index in [0.717, 1.165) is 25.6 Å². The largest absolute Gasteiger partial charge is 0.341 e. The third kappa shape index (κ3) is 2.42. The summed E-state index contributed by atoms with van der Waals surface area (Å²) in [5.41, 5.74) is 0.461. The molecule has 0 radical (unpaired) electrons. The molecule has 0 spiro atoms. The molecule has 0 unspecified atom stereocenters. The molecule has 1 aliphatic heterocycles. The van der Waals surface area contributed by atoms with Crippen molar-refractivity contribution in [2.75, 3.05) is 20.1 Å². The van der Waals surface area contributed by atoms with Crippen molar-refractivity contribution >= 4 is 5.91 Å². The molecule has 2 aliphatic rings. The predicted molar refractivity (Wildman–Crippen MR) is 71.3 cm³/mol. The van der Waals surface area contributed by atoms with Gasteiger partial charge in [0.05, 0.1) is 0 Å². The Morgan fingerprint density at radius 1 is 1.40 bits per heavy atom. The fourth-order valence-corrected chi connectivity index (χ4v) is 3.03. The van der Waals surface area contributed by atoms with Crippen molar-refractivity contribution in [2.24, 2.45) is 5.92 Å². The van der Waals surface area contributed by atoms with Crippen LogP contribution in [0.5, 0.6) is 0 Å². The molecule has 1 saturated carbocycles. The van der Waals surface area contributed by atoms with E-state index >= 15 is 0 Å². The molecule has 3 nitrogen and oxygen atoms in total. The number of benzene rings is 1. The van der Waals surface area contributed by atoms with Crippen LogP contribution in [0.3, 0.4) is 0 Å². The zero-order valence-corrected chi connectivity index (χ0v) is 11.4. The van der Waals surface area contributed by atoms with Crippen molar-refractivity contribution in [1.29, 1.82) is 0 Å². The summed E-state index contributed by atoms with van der Waals surface area (Å²) in [5.74, 6) is -1.30. The molecule has 3 rings (SSSR count). The van der Waals surface area contributed by atoms with Crippen LogP contribution in [-0.2, 0) is 4.79 Å². The van der Waals surface area contributed by atoms with Crippen LogP contribution in [0.1, 0.15) is 24.3 Å². The molecule has 0 bridgehead atoms. The number of nitrogens with one attached hydrogen (secondary N) is 1. The van der Waals surface area contributed by atoms with Gasteiger partial charge in [0, 0.05) is 31.6 Å². The number of nitrogens with zero attached hydrogens (tertiary/aromatic N) is 1. The van der Waals surface area contributed by atoms with Gasteiger partial charge in [-0.05, 0) is 36.9 Å². The fraction of sp³-hybridized carbons (Fsp3) is 0.533. The van der Waals surface area contributed by atoms with Gasteiger partial charge in [-0.1, -0.05) is 6.07 Å². The summed E-state index contributed by atoms with van der Waals surface area (Å²) in [6.07, 6.45) is 1.62. The zero-order valence-electron chi connectivity index (χ0n) is 11.4.